The maximum atomic E-state index is 9.18. The van der Waals surface area contributed by atoms with E-state index in [2.05, 4.69) is 4.98 Å². The monoisotopic (exact) mass is 191 g/mol. The Morgan fingerprint density at radius 3 is 3.00 bits per heavy atom. The first-order valence-corrected chi connectivity index (χ1v) is 4.39. The van der Waals surface area contributed by atoms with Crippen molar-refractivity contribution in [3.63, 3.8) is 0 Å². The third kappa shape index (κ3) is 2.71. The van der Waals surface area contributed by atoms with Gasteiger partial charge in [-0.3, -0.25) is 0 Å². The zero-order valence-corrected chi connectivity index (χ0v) is 8.31. The minimum atomic E-state index is -0.410. The molecule has 0 radical (unpaired) electrons. The van der Waals surface area contributed by atoms with Gasteiger partial charge in [-0.25, -0.2) is 4.98 Å². The predicted molar refractivity (Wildman–Crippen MR) is 53.9 cm³/mol. The molecule has 0 aromatic carbocycles. The second-order valence-electron chi connectivity index (χ2n) is 3.24. The molecule has 4 heteroatoms. The number of rotatable bonds is 3. The van der Waals surface area contributed by atoms with Crippen molar-refractivity contribution in [3.8, 4) is 6.07 Å². The van der Waals surface area contributed by atoms with Crippen molar-refractivity contribution in [2.24, 2.45) is 0 Å². The van der Waals surface area contributed by atoms with E-state index >= 15 is 0 Å². The molecule has 4 nitrogen and oxygen atoms in total. The highest BCUT2D eigenvalue weighted by atomic mass is 16.3. The third-order valence-corrected chi connectivity index (χ3v) is 1.80. The van der Waals surface area contributed by atoms with Crippen LogP contribution < -0.4 is 4.90 Å². The van der Waals surface area contributed by atoms with Crippen molar-refractivity contribution in [2.75, 3.05) is 18.5 Å². The number of aliphatic hydroxyl groups excluding tert-OH is 1. The highest BCUT2D eigenvalue weighted by Gasteiger charge is 2.05. The molecule has 0 fully saturated rings. The molecule has 14 heavy (non-hydrogen) atoms. The Morgan fingerprint density at radius 2 is 2.43 bits per heavy atom. The van der Waals surface area contributed by atoms with Crippen LogP contribution in [0.25, 0.3) is 0 Å². The molecule has 0 saturated carbocycles. The van der Waals surface area contributed by atoms with E-state index in [1.54, 1.807) is 25.3 Å². The van der Waals surface area contributed by atoms with Gasteiger partial charge in [0.25, 0.3) is 0 Å². The molecule has 1 N–H and O–H groups in total. The number of hydrogen-bond donors (Lipinski definition) is 1. The molecular formula is C10H13N3O. The highest BCUT2D eigenvalue weighted by Crippen LogP contribution is 2.10. The van der Waals surface area contributed by atoms with Crippen molar-refractivity contribution in [2.45, 2.75) is 13.0 Å². The molecule has 74 valence electrons. The van der Waals surface area contributed by atoms with Gasteiger partial charge in [-0.2, -0.15) is 5.26 Å². The van der Waals surface area contributed by atoms with Gasteiger partial charge in [-0.15, -0.1) is 0 Å². The van der Waals surface area contributed by atoms with Crippen molar-refractivity contribution in [3.05, 3.63) is 23.9 Å². The molecule has 1 atom stereocenters. The Labute approximate surface area is 83.4 Å². The lowest BCUT2D eigenvalue weighted by molar-refractivity contribution is 0.201. The first-order valence-electron chi connectivity index (χ1n) is 4.39. The Morgan fingerprint density at radius 1 is 1.71 bits per heavy atom. The fourth-order valence-corrected chi connectivity index (χ4v) is 1.19. The Kier molecular flexibility index (Phi) is 3.43. The second-order valence-corrected chi connectivity index (χ2v) is 3.24. The molecule has 0 amide bonds. The van der Waals surface area contributed by atoms with Gasteiger partial charge in [0.05, 0.1) is 17.7 Å². The molecule has 1 rings (SSSR count). The van der Waals surface area contributed by atoms with Crippen LogP contribution in [0.4, 0.5) is 5.82 Å². The van der Waals surface area contributed by atoms with Crippen LogP contribution in [0.15, 0.2) is 18.3 Å². The van der Waals surface area contributed by atoms with E-state index in [0.717, 1.165) is 0 Å². The van der Waals surface area contributed by atoms with Gasteiger partial charge in [0.1, 0.15) is 5.82 Å². The normalized spacial score (nSPS) is 11.9. The van der Waals surface area contributed by atoms with E-state index < -0.39 is 6.10 Å². The van der Waals surface area contributed by atoms with Crippen molar-refractivity contribution in [1.29, 1.82) is 5.26 Å². The number of aromatic nitrogens is 1. The zero-order valence-electron chi connectivity index (χ0n) is 8.31. The van der Waals surface area contributed by atoms with Crippen LogP contribution in [0.1, 0.15) is 12.5 Å². The molecule has 0 saturated heterocycles. The van der Waals surface area contributed by atoms with Gasteiger partial charge >= 0.3 is 0 Å². The van der Waals surface area contributed by atoms with Crippen molar-refractivity contribution in [1.82, 2.24) is 4.98 Å². The number of anilines is 1. The van der Waals surface area contributed by atoms with E-state index in [-0.39, 0.29) is 0 Å². The van der Waals surface area contributed by atoms with Crippen LogP contribution in [-0.2, 0) is 0 Å². The third-order valence-electron chi connectivity index (χ3n) is 1.80. The van der Waals surface area contributed by atoms with E-state index in [0.29, 0.717) is 17.9 Å². The molecular weight excluding hydrogens is 178 g/mol. The van der Waals surface area contributed by atoms with E-state index in [1.165, 1.54) is 0 Å². The largest absolute Gasteiger partial charge is 0.392 e. The number of nitriles is 1. The summed E-state index contributed by atoms with van der Waals surface area (Å²) >= 11 is 0. The topological polar surface area (TPSA) is 60.1 Å². The summed E-state index contributed by atoms with van der Waals surface area (Å²) in [5, 5.41) is 17.9. The molecule has 1 heterocycles. The number of nitrogens with zero attached hydrogens (tertiary/aromatic N) is 3. The summed E-state index contributed by atoms with van der Waals surface area (Å²) in [6.07, 6.45) is 1.18. The van der Waals surface area contributed by atoms with E-state index in [1.807, 2.05) is 18.0 Å². The fraction of sp³-hybridized carbons (Fsp3) is 0.400. The summed E-state index contributed by atoms with van der Waals surface area (Å²) in [7, 11) is 1.83. The summed E-state index contributed by atoms with van der Waals surface area (Å²) in [4.78, 5) is 5.92. The number of hydrogen-bond acceptors (Lipinski definition) is 4. The predicted octanol–water partition coefficient (Wildman–Crippen LogP) is 0.770. The molecule has 0 aliphatic rings. The van der Waals surface area contributed by atoms with Crippen LogP contribution in [0, 0.1) is 11.3 Å². The van der Waals surface area contributed by atoms with E-state index in [4.69, 9.17) is 5.26 Å². The van der Waals surface area contributed by atoms with Crippen molar-refractivity contribution < 1.29 is 5.11 Å². The summed E-state index contributed by atoms with van der Waals surface area (Å²) in [6.45, 7) is 2.21. The van der Waals surface area contributed by atoms with Crippen LogP contribution >= 0.6 is 0 Å². The SMILES string of the molecule is CC(O)CN(C)c1cc(C#N)ccn1. The van der Waals surface area contributed by atoms with Crippen LogP contribution in [-0.4, -0.2) is 29.8 Å². The first kappa shape index (κ1) is 10.5. The quantitative estimate of drug-likeness (QED) is 0.766. The van der Waals surface area contributed by atoms with Crippen molar-refractivity contribution >= 4 is 5.82 Å². The zero-order chi connectivity index (χ0) is 10.6. The average molecular weight is 191 g/mol. The minimum Gasteiger partial charge on any atom is -0.392 e. The van der Waals surface area contributed by atoms with Gasteiger partial charge in [0.2, 0.25) is 0 Å². The summed E-state index contributed by atoms with van der Waals surface area (Å²) < 4.78 is 0. The summed E-state index contributed by atoms with van der Waals surface area (Å²) in [5.41, 5.74) is 0.576. The van der Waals surface area contributed by atoms with Gasteiger partial charge < -0.3 is 10.0 Å². The molecule has 0 aliphatic heterocycles. The molecule has 0 aliphatic carbocycles. The maximum absolute atomic E-state index is 9.18. The summed E-state index contributed by atoms with van der Waals surface area (Å²) in [5.74, 6) is 0.699. The van der Waals surface area contributed by atoms with Gasteiger partial charge in [-0.05, 0) is 19.1 Å². The lowest BCUT2D eigenvalue weighted by Crippen LogP contribution is -2.27. The number of likely N-dealkylation sites (N-methyl/N-ethyl adjacent to an activating group) is 1. The lowest BCUT2D eigenvalue weighted by atomic mass is 10.3. The molecule has 1 unspecified atom stereocenters. The Bertz CT molecular complexity index is 343. The minimum absolute atomic E-state index is 0.410. The average Bonchev–Trinajstić information content (AvgIpc) is 2.17. The Hall–Kier alpha value is -1.60. The van der Waals surface area contributed by atoms with Crippen LogP contribution in [0.3, 0.4) is 0 Å². The van der Waals surface area contributed by atoms with Crippen LogP contribution in [0.5, 0.6) is 0 Å². The highest BCUT2D eigenvalue weighted by molar-refractivity contribution is 5.44. The van der Waals surface area contributed by atoms with Gasteiger partial charge in [0.15, 0.2) is 0 Å². The molecule has 1 aromatic rings. The van der Waals surface area contributed by atoms with E-state index in [9.17, 15) is 5.11 Å². The molecule has 1 aromatic heterocycles. The summed E-state index contributed by atoms with van der Waals surface area (Å²) in [6, 6.07) is 5.40. The Balaban J connectivity index is 2.80. The fourth-order valence-electron chi connectivity index (χ4n) is 1.19. The van der Waals surface area contributed by atoms with Gasteiger partial charge in [-0.1, -0.05) is 0 Å². The molecule has 0 bridgehead atoms. The second kappa shape index (κ2) is 4.58. The number of aliphatic hydroxyl groups is 1. The molecule has 0 spiro atoms. The lowest BCUT2D eigenvalue weighted by Gasteiger charge is -2.19. The van der Waals surface area contributed by atoms with Gasteiger partial charge in [0, 0.05) is 19.8 Å². The standard InChI is InChI=1S/C10H13N3O/c1-8(14)7-13(2)10-5-9(6-11)3-4-12-10/h3-5,8,14H,7H2,1-2H3. The smallest absolute Gasteiger partial charge is 0.129 e. The van der Waals surface area contributed by atoms with Crippen LogP contribution in [0.2, 0.25) is 0 Å². The first-order chi connectivity index (χ1) is 6.63. The maximum Gasteiger partial charge on any atom is 0.129 e. The number of pyridine rings is 1.